The lowest BCUT2D eigenvalue weighted by atomic mass is 9.95. The molecule has 25 heavy (non-hydrogen) atoms. The Balaban J connectivity index is 1.51. The number of hydrogen-bond acceptors (Lipinski definition) is 5. The number of thiazole rings is 1. The van der Waals surface area contributed by atoms with Gasteiger partial charge in [-0.1, -0.05) is 11.8 Å². The fraction of sp³-hybridized carbons (Fsp3) is 0.562. The highest BCUT2D eigenvalue weighted by Gasteiger charge is 2.26. The smallest absolute Gasteiger partial charge is 0.282 e. The van der Waals surface area contributed by atoms with Gasteiger partial charge in [0.15, 0.2) is 0 Å². The number of aryl methyl sites for hydroxylation is 2. The van der Waals surface area contributed by atoms with Crippen LogP contribution in [0.4, 0.5) is 8.78 Å². The number of nitrogens with zero attached hydrogens (tertiary/aromatic N) is 3. The van der Waals surface area contributed by atoms with Gasteiger partial charge in [0.1, 0.15) is 15.7 Å². The first-order chi connectivity index (χ1) is 11.9. The molecule has 0 saturated heterocycles. The number of rotatable bonds is 5. The molecule has 5 nitrogen and oxygen atoms in total. The summed E-state index contributed by atoms with van der Waals surface area (Å²) in [5.41, 5.74) is 0.851. The molecule has 0 aromatic carbocycles. The summed E-state index contributed by atoms with van der Waals surface area (Å²) in [6, 6.07) is 1.24. The second-order valence-electron chi connectivity index (χ2n) is 6.20. The Kier molecular flexibility index (Phi) is 5.73. The molecule has 2 aromatic rings. The molecule has 1 aliphatic rings. The minimum atomic E-state index is -2.67. The van der Waals surface area contributed by atoms with Crippen LogP contribution in [-0.2, 0) is 7.05 Å². The van der Waals surface area contributed by atoms with Gasteiger partial charge in [-0.15, -0.1) is 11.3 Å². The fourth-order valence-corrected chi connectivity index (χ4v) is 5.21. The average Bonchev–Trinajstić information content (AvgIpc) is 3.15. The lowest BCUT2D eigenvalue weighted by Crippen LogP contribution is -2.38. The molecule has 136 valence electrons. The molecule has 1 amide bonds. The molecule has 0 atom stereocenters. The summed E-state index contributed by atoms with van der Waals surface area (Å²) in [7, 11) is 1.50. The molecule has 1 saturated carbocycles. The van der Waals surface area contributed by atoms with E-state index in [1.165, 1.54) is 11.7 Å². The van der Waals surface area contributed by atoms with Gasteiger partial charge in [-0.3, -0.25) is 9.48 Å². The third-order valence-corrected chi connectivity index (χ3v) is 6.66. The number of carbonyl (C=O) groups excluding carboxylic acids is 1. The first-order valence-corrected chi connectivity index (χ1v) is 9.90. The summed E-state index contributed by atoms with van der Waals surface area (Å²) in [6.45, 7) is 1.99. The van der Waals surface area contributed by atoms with E-state index in [-0.39, 0.29) is 23.3 Å². The molecule has 0 spiro atoms. The van der Waals surface area contributed by atoms with Gasteiger partial charge >= 0.3 is 0 Å². The Hall–Kier alpha value is -1.48. The van der Waals surface area contributed by atoms with Crippen molar-refractivity contribution in [3.8, 4) is 0 Å². The number of nitrogens with one attached hydrogen (secondary N) is 1. The molecule has 0 unspecified atom stereocenters. The van der Waals surface area contributed by atoms with E-state index < -0.39 is 6.43 Å². The van der Waals surface area contributed by atoms with Crippen LogP contribution in [0.1, 0.15) is 54.0 Å². The van der Waals surface area contributed by atoms with E-state index in [0.717, 1.165) is 41.8 Å². The van der Waals surface area contributed by atoms with Crippen LogP contribution in [-0.4, -0.2) is 32.0 Å². The van der Waals surface area contributed by atoms with E-state index in [4.69, 9.17) is 0 Å². The number of carbonyl (C=O) groups is 1. The van der Waals surface area contributed by atoms with Gasteiger partial charge in [-0.05, 0) is 38.7 Å². The molecule has 1 aliphatic carbocycles. The number of thioether (sulfide) groups is 1. The van der Waals surface area contributed by atoms with Gasteiger partial charge in [0, 0.05) is 29.4 Å². The van der Waals surface area contributed by atoms with Crippen molar-refractivity contribution in [1.82, 2.24) is 20.1 Å². The van der Waals surface area contributed by atoms with Crippen LogP contribution >= 0.6 is 23.1 Å². The molecule has 9 heteroatoms. The maximum atomic E-state index is 12.7. The van der Waals surface area contributed by atoms with E-state index in [0.29, 0.717) is 5.25 Å². The van der Waals surface area contributed by atoms with Crippen molar-refractivity contribution in [2.75, 3.05) is 0 Å². The van der Waals surface area contributed by atoms with Gasteiger partial charge in [0.2, 0.25) is 0 Å². The number of amides is 1. The zero-order valence-electron chi connectivity index (χ0n) is 14.0. The maximum absolute atomic E-state index is 12.7. The normalized spacial score (nSPS) is 20.8. The van der Waals surface area contributed by atoms with Crippen LogP contribution in [0.15, 0.2) is 15.8 Å². The van der Waals surface area contributed by atoms with Crippen molar-refractivity contribution in [3.05, 3.63) is 28.5 Å². The molecule has 0 radical (unpaired) electrons. The molecule has 0 bridgehead atoms. The van der Waals surface area contributed by atoms with Gasteiger partial charge in [-0.25, -0.2) is 13.8 Å². The zero-order chi connectivity index (χ0) is 18.0. The third kappa shape index (κ3) is 4.58. The summed E-state index contributed by atoms with van der Waals surface area (Å²) in [6.07, 6.45) is 1.10. The van der Waals surface area contributed by atoms with Crippen molar-refractivity contribution in [1.29, 1.82) is 0 Å². The monoisotopic (exact) mass is 386 g/mol. The van der Waals surface area contributed by atoms with Gasteiger partial charge in [0.25, 0.3) is 12.3 Å². The second-order valence-corrected chi connectivity index (χ2v) is 8.60. The highest BCUT2D eigenvalue weighted by molar-refractivity contribution is 8.01. The van der Waals surface area contributed by atoms with Crippen LogP contribution in [0.2, 0.25) is 0 Å². The molecular formula is C16H20F2N4OS2. The van der Waals surface area contributed by atoms with Gasteiger partial charge < -0.3 is 5.32 Å². The van der Waals surface area contributed by atoms with Crippen molar-refractivity contribution in [2.45, 2.75) is 54.7 Å². The van der Waals surface area contributed by atoms with Crippen LogP contribution in [0.3, 0.4) is 0 Å². The highest BCUT2D eigenvalue weighted by atomic mass is 32.2. The quantitative estimate of drug-likeness (QED) is 0.845. The van der Waals surface area contributed by atoms with Crippen molar-refractivity contribution in [2.24, 2.45) is 7.05 Å². The largest absolute Gasteiger partial charge is 0.348 e. The van der Waals surface area contributed by atoms with Crippen molar-refractivity contribution < 1.29 is 13.6 Å². The standard InChI is InChI=1S/C16H20F2N4OS2/c1-9-8-24-16(19-9)25-11-5-3-10(4-6-11)20-15(23)13-7-12(14(17)18)21-22(13)2/h7-8,10-11,14H,3-6H2,1-2H3,(H,20,23). The van der Waals surface area contributed by atoms with E-state index >= 15 is 0 Å². The Bertz CT molecular complexity index is 738. The number of hydrogen-bond donors (Lipinski definition) is 1. The van der Waals surface area contributed by atoms with Gasteiger partial charge in [0.05, 0.1) is 0 Å². The SMILES string of the molecule is Cc1csc(SC2CCC(NC(=O)c3cc(C(F)F)nn3C)CC2)n1. The lowest BCUT2D eigenvalue weighted by molar-refractivity contribution is 0.0918. The number of aromatic nitrogens is 3. The number of alkyl halides is 2. The van der Waals surface area contributed by atoms with Crippen LogP contribution in [0, 0.1) is 6.92 Å². The molecular weight excluding hydrogens is 366 g/mol. The molecule has 1 fully saturated rings. The predicted molar refractivity (Wildman–Crippen MR) is 94.4 cm³/mol. The maximum Gasteiger partial charge on any atom is 0.282 e. The Morgan fingerprint density at radius 2 is 2.12 bits per heavy atom. The predicted octanol–water partition coefficient (Wildman–Crippen LogP) is 3.96. The molecule has 2 aromatic heterocycles. The van der Waals surface area contributed by atoms with E-state index in [2.05, 4.69) is 20.8 Å². The first-order valence-electron chi connectivity index (χ1n) is 8.14. The Labute approximate surface area is 153 Å². The Morgan fingerprint density at radius 3 is 2.68 bits per heavy atom. The highest BCUT2D eigenvalue weighted by Crippen LogP contribution is 2.35. The van der Waals surface area contributed by atoms with E-state index in [9.17, 15) is 13.6 Å². The second kappa shape index (κ2) is 7.82. The molecule has 1 N–H and O–H groups in total. The van der Waals surface area contributed by atoms with Crippen LogP contribution in [0.5, 0.6) is 0 Å². The average molecular weight is 386 g/mol. The summed E-state index contributed by atoms with van der Waals surface area (Å²) in [4.78, 5) is 16.8. The summed E-state index contributed by atoms with van der Waals surface area (Å²) in [5, 5.41) is 9.20. The minimum Gasteiger partial charge on any atom is -0.348 e. The van der Waals surface area contributed by atoms with Gasteiger partial charge in [-0.2, -0.15) is 5.10 Å². The van der Waals surface area contributed by atoms with Crippen LogP contribution < -0.4 is 5.32 Å². The van der Waals surface area contributed by atoms with E-state index in [1.807, 2.05) is 18.7 Å². The van der Waals surface area contributed by atoms with Crippen molar-refractivity contribution >= 4 is 29.0 Å². The van der Waals surface area contributed by atoms with Crippen molar-refractivity contribution in [3.63, 3.8) is 0 Å². The first kappa shape index (κ1) is 18.3. The third-order valence-electron chi connectivity index (χ3n) is 4.23. The number of halogens is 2. The lowest BCUT2D eigenvalue weighted by Gasteiger charge is -2.28. The van der Waals surface area contributed by atoms with Crippen LogP contribution in [0.25, 0.3) is 0 Å². The zero-order valence-corrected chi connectivity index (χ0v) is 15.7. The Morgan fingerprint density at radius 1 is 1.40 bits per heavy atom. The fourth-order valence-electron chi connectivity index (χ4n) is 2.92. The van der Waals surface area contributed by atoms with E-state index in [1.54, 1.807) is 11.3 Å². The summed E-state index contributed by atoms with van der Waals surface area (Å²) < 4.78 is 27.7. The molecule has 0 aliphatic heterocycles. The summed E-state index contributed by atoms with van der Waals surface area (Å²) in [5.74, 6) is -0.339. The minimum absolute atomic E-state index is 0.0762. The summed E-state index contributed by atoms with van der Waals surface area (Å²) >= 11 is 3.48. The topological polar surface area (TPSA) is 59.8 Å². The molecule has 3 rings (SSSR count). The molecule has 2 heterocycles.